The Labute approximate surface area is 101 Å². The summed E-state index contributed by atoms with van der Waals surface area (Å²) in [5, 5.41) is 18.5. The highest BCUT2D eigenvalue weighted by Crippen LogP contribution is 2.25. The highest BCUT2D eigenvalue weighted by atomic mass is 16.3. The Morgan fingerprint density at radius 3 is 2.47 bits per heavy atom. The van der Waals surface area contributed by atoms with E-state index >= 15 is 0 Å². The molecule has 0 saturated heterocycles. The zero-order chi connectivity index (χ0) is 12.8. The van der Waals surface area contributed by atoms with Gasteiger partial charge in [0.15, 0.2) is 17.3 Å². The summed E-state index contributed by atoms with van der Waals surface area (Å²) in [5.74, 6) is -0.507. The number of likely N-dealkylation sites (N-methyl/N-ethyl adjacent to an activating group) is 1. The van der Waals surface area contributed by atoms with Crippen molar-refractivity contribution in [1.82, 2.24) is 4.90 Å². The van der Waals surface area contributed by atoms with Crippen molar-refractivity contribution >= 4 is 5.78 Å². The van der Waals surface area contributed by atoms with E-state index in [-0.39, 0.29) is 17.3 Å². The molecule has 0 aliphatic heterocycles. The van der Waals surface area contributed by atoms with Crippen LogP contribution in [0.25, 0.3) is 0 Å². The van der Waals surface area contributed by atoms with Crippen LogP contribution in [0.15, 0.2) is 18.2 Å². The molecule has 1 aromatic carbocycles. The molecule has 0 saturated carbocycles. The van der Waals surface area contributed by atoms with Gasteiger partial charge in [-0.25, -0.2) is 0 Å². The van der Waals surface area contributed by atoms with E-state index in [1.165, 1.54) is 18.2 Å². The lowest BCUT2D eigenvalue weighted by Gasteiger charge is -2.18. The van der Waals surface area contributed by atoms with Gasteiger partial charge in [-0.05, 0) is 37.7 Å². The van der Waals surface area contributed by atoms with Crippen molar-refractivity contribution in [1.29, 1.82) is 0 Å². The second-order valence-corrected chi connectivity index (χ2v) is 4.00. The summed E-state index contributed by atoms with van der Waals surface area (Å²) in [4.78, 5) is 14.0. The quantitative estimate of drug-likeness (QED) is 0.587. The molecule has 2 N–H and O–H groups in total. The molecule has 0 bridgehead atoms. The number of phenolic OH excluding ortho intramolecular Hbond substituents is 2. The van der Waals surface area contributed by atoms with Crippen LogP contribution in [-0.2, 0) is 0 Å². The van der Waals surface area contributed by atoms with E-state index in [0.717, 1.165) is 19.5 Å². The summed E-state index contributed by atoms with van der Waals surface area (Å²) in [6.45, 7) is 6.13. The van der Waals surface area contributed by atoms with Crippen molar-refractivity contribution in [2.24, 2.45) is 0 Å². The van der Waals surface area contributed by atoms with Gasteiger partial charge >= 0.3 is 0 Å². The number of rotatable bonds is 6. The molecule has 17 heavy (non-hydrogen) atoms. The molecule has 0 radical (unpaired) electrons. The Morgan fingerprint density at radius 1 is 1.24 bits per heavy atom. The lowest BCUT2D eigenvalue weighted by molar-refractivity contribution is 0.0933. The van der Waals surface area contributed by atoms with Crippen LogP contribution in [0.3, 0.4) is 0 Å². The van der Waals surface area contributed by atoms with Crippen molar-refractivity contribution in [2.75, 3.05) is 19.6 Å². The predicted octanol–water partition coefficient (Wildman–Crippen LogP) is 2.01. The second-order valence-electron chi connectivity index (χ2n) is 4.00. The maximum atomic E-state index is 11.9. The third-order valence-electron chi connectivity index (χ3n) is 2.65. The first-order valence-electron chi connectivity index (χ1n) is 5.86. The van der Waals surface area contributed by atoms with E-state index in [1.807, 2.05) is 11.8 Å². The van der Waals surface area contributed by atoms with Crippen molar-refractivity contribution in [2.45, 2.75) is 20.3 Å². The molecule has 0 aliphatic rings. The van der Waals surface area contributed by atoms with Crippen molar-refractivity contribution < 1.29 is 15.0 Å². The maximum Gasteiger partial charge on any atom is 0.176 e. The molecule has 0 heterocycles. The summed E-state index contributed by atoms with van der Waals surface area (Å²) < 4.78 is 0. The summed E-state index contributed by atoms with van der Waals surface area (Å²) in [6, 6.07) is 4.16. The molecule has 0 amide bonds. The zero-order valence-corrected chi connectivity index (χ0v) is 10.3. The lowest BCUT2D eigenvalue weighted by atomic mass is 10.1. The van der Waals surface area contributed by atoms with Gasteiger partial charge in [0.2, 0.25) is 0 Å². The van der Waals surface area contributed by atoms with Gasteiger partial charge in [-0.2, -0.15) is 0 Å². The number of benzene rings is 1. The predicted molar refractivity (Wildman–Crippen MR) is 66.5 cm³/mol. The number of nitrogens with zero attached hydrogens (tertiary/aromatic N) is 1. The van der Waals surface area contributed by atoms with Gasteiger partial charge in [0.05, 0.1) is 6.54 Å². The standard InChI is InChI=1S/C13H19NO3/c1-3-7-14(4-2)9-13(17)10-5-6-11(15)12(16)8-10/h5-6,8,15-16H,3-4,7,9H2,1-2H3. The minimum absolute atomic E-state index is 0.0457. The zero-order valence-electron chi connectivity index (χ0n) is 10.3. The molecule has 4 heteroatoms. The van der Waals surface area contributed by atoms with Crippen LogP contribution >= 0.6 is 0 Å². The number of aromatic hydroxyl groups is 2. The molecule has 0 fully saturated rings. The smallest absolute Gasteiger partial charge is 0.176 e. The Kier molecular flexibility index (Phi) is 4.97. The van der Waals surface area contributed by atoms with Gasteiger partial charge < -0.3 is 10.2 Å². The number of ketones is 1. The van der Waals surface area contributed by atoms with Crippen LogP contribution in [-0.4, -0.2) is 40.5 Å². The Balaban J connectivity index is 2.72. The van der Waals surface area contributed by atoms with Gasteiger partial charge in [0.1, 0.15) is 0 Å². The van der Waals surface area contributed by atoms with Gasteiger partial charge in [-0.3, -0.25) is 9.69 Å². The first kappa shape index (κ1) is 13.5. The second kappa shape index (κ2) is 6.25. The van der Waals surface area contributed by atoms with Crippen molar-refractivity contribution in [3.63, 3.8) is 0 Å². The van der Waals surface area contributed by atoms with Gasteiger partial charge in [0.25, 0.3) is 0 Å². The monoisotopic (exact) mass is 237 g/mol. The fourth-order valence-electron chi connectivity index (χ4n) is 1.66. The van der Waals surface area contributed by atoms with Crippen molar-refractivity contribution in [3.8, 4) is 11.5 Å². The molecule has 0 spiro atoms. The summed E-state index contributed by atoms with van der Waals surface area (Å²) in [6.07, 6.45) is 1.00. The van der Waals surface area contributed by atoms with Crippen LogP contribution in [0.1, 0.15) is 30.6 Å². The molecule has 0 unspecified atom stereocenters. The molecule has 1 aromatic rings. The minimum atomic E-state index is -0.255. The van der Waals surface area contributed by atoms with Gasteiger partial charge in [0, 0.05) is 5.56 Å². The number of carbonyl (C=O) groups excluding carboxylic acids is 1. The number of hydrogen-bond acceptors (Lipinski definition) is 4. The number of Topliss-reactive ketones (excluding diaryl/α,β-unsaturated/α-hetero) is 1. The van der Waals surface area contributed by atoms with Crippen LogP contribution in [0, 0.1) is 0 Å². The van der Waals surface area contributed by atoms with E-state index in [9.17, 15) is 9.90 Å². The third kappa shape index (κ3) is 3.75. The molecule has 0 atom stereocenters. The van der Waals surface area contributed by atoms with Crippen molar-refractivity contribution in [3.05, 3.63) is 23.8 Å². The van der Waals surface area contributed by atoms with Gasteiger partial charge in [-0.1, -0.05) is 13.8 Å². The number of phenols is 2. The fourth-order valence-corrected chi connectivity index (χ4v) is 1.66. The molecule has 4 nitrogen and oxygen atoms in total. The molecule has 0 aliphatic carbocycles. The minimum Gasteiger partial charge on any atom is -0.504 e. The molecule has 94 valence electrons. The van der Waals surface area contributed by atoms with Crippen LogP contribution in [0.4, 0.5) is 0 Å². The number of hydrogen-bond donors (Lipinski definition) is 2. The maximum absolute atomic E-state index is 11.9. The number of carbonyl (C=O) groups is 1. The average Bonchev–Trinajstić information content (AvgIpc) is 2.31. The van der Waals surface area contributed by atoms with E-state index in [4.69, 9.17) is 5.11 Å². The Morgan fingerprint density at radius 2 is 1.94 bits per heavy atom. The van der Waals surface area contributed by atoms with E-state index in [0.29, 0.717) is 12.1 Å². The Bertz CT molecular complexity index is 390. The molecular formula is C13H19NO3. The molecule has 1 rings (SSSR count). The topological polar surface area (TPSA) is 60.8 Å². The highest BCUT2D eigenvalue weighted by molar-refractivity contribution is 5.98. The van der Waals surface area contributed by atoms with E-state index in [2.05, 4.69) is 6.92 Å². The van der Waals surface area contributed by atoms with Crippen LogP contribution in [0.5, 0.6) is 11.5 Å². The van der Waals surface area contributed by atoms with Gasteiger partial charge in [-0.15, -0.1) is 0 Å². The Hall–Kier alpha value is -1.55. The lowest BCUT2D eigenvalue weighted by Crippen LogP contribution is -2.30. The SMILES string of the molecule is CCCN(CC)CC(=O)c1ccc(O)c(O)c1. The average molecular weight is 237 g/mol. The highest BCUT2D eigenvalue weighted by Gasteiger charge is 2.12. The third-order valence-corrected chi connectivity index (χ3v) is 2.65. The largest absolute Gasteiger partial charge is 0.504 e. The van der Waals surface area contributed by atoms with E-state index in [1.54, 1.807) is 0 Å². The molecular weight excluding hydrogens is 218 g/mol. The molecule has 0 aromatic heterocycles. The summed E-state index contributed by atoms with van der Waals surface area (Å²) in [7, 11) is 0. The first-order valence-corrected chi connectivity index (χ1v) is 5.86. The first-order chi connectivity index (χ1) is 8.08. The normalized spacial score (nSPS) is 10.8. The fraction of sp³-hybridized carbons (Fsp3) is 0.462. The van der Waals surface area contributed by atoms with Crippen LogP contribution in [0.2, 0.25) is 0 Å². The summed E-state index contributed by atoms with van der Waals surface area (Å²) in [5.41, 5.74) is 0.426. The summed E-state index contributed by atoms with van der Waals surface area (Å²) >= 11 is 0. The van der Waals surface area contributed by atoms with E-state index < -0.39 is 0 Å². The van der Waals surface area contributed by atoms with Crippen LogP contribution < -0.4 is 0 Å².